The molecule has 0 bridgehead atoms. The van der Waals surface area contributed by atoms with E-state index in [0.29, 0.717) is 0 Å². The van der Waals surface area contributed by atoms with Gasteiger partial charge < -0.3 is 4.74 Å². The van der Waals surface area contributed by atoms with E-state index in [0.717, 1.165) is 0 Å². The van der Waals surface area contributed by atoms with Crippen molar-refractivity contribution >= 4 is 22.9 Å². The molecule has 0 aliphatic carbocycles. The van der Waals surface area contributed by atoms with Crippen LogP contribution < -0.4 is 4.72 Å². The summed E-state index contributed by atoms with van der Waals surface area (Å²) in [5.41, 5.74) is 0.484. The molecule has 5 nitrogen and oxygen atoms in total. The number of hydrogen-bond acceptors (Lipinski definition) is 3. The Morgan fingerprint density at radius 3 is 2.71 bits per heavy atom. The second-order valence-corrected chi connectivity index (χ2v) is 3.09. The first-order chi connectivity index (χ1) is 6.65. The van der Waals surface area contributed by atoms with Crippen molar-refractivity contribution in [2.45, 2.75) is 0 Å². The molecule has 1 aromatic carbocycles. The van der Waals surface area contributed by atoms with Crippen LogP contribution in [0.1, 0.15) is 10.4 Å². The molecular formula is C8H9NO4S. The number of ether oxygens (including phenoxy) is 1. The van der Waals surface area contributed by atoms with E-state index in [-0.39, 0.29) is 11.3 Å². The Kier molecular flexibility index (Phi) is 3.61. The summed E-state index contributed by atoms with van der Waals surface area (Å²) in [5, 5.41) is 0. The summed E-state index contributed by atoms with van der Waals surface area (Å²) in [6.45, 7) is 0. The van der Waals surface area contributed by atoms with E-state index >= 15 is 0 Å². The summed E-state index contributed by atoms with van der Waals surface area (Å²) < 4.78 is 25.8. The van der Waals surface area contributed by atoms with Gasteiger partial charge in [0, 0.05) is 0 Å². The normalized spacial score (nSPS) is 11.9. The average Bonchev–Trinajstić information content (AvgIpc) is 2.16. The molecule has 0 fully saturated rings. The maximum atomic E-state index is 11.2. The summed E-state index contributed by atoms with van der Waals surface area (Å²) in [6, 6.07) is 6.29. The number of carbonyl (C=O) groups excluding carboxylic acids is 1. The second kappa shape index (κ2) is 4.73. The van der Waals surface area contributed by atoms with Gasteiger partial charge in [-0.2, -0.15) is 0 Å². The fourth-order valence-corrected chi connectivity index (χ4v) is 1.32. The maximum Gasteiger partial charge on any atom is 0.339 e. The van der Waals surface area contributed by atoms with Crippen LogP contribution in [-0.4, -0.2) is 21.8 Å². The molecule has 76 valence electrons. The van der Waals surface area contributed by atoms with E-state index < -0.39 is 17.2 Å². The van der Waals surface area contributed by atoms with E-state index in [1.165, 1.54) is 19.2 Å². The van der Waals surface area contributed by atoms with Crippen LogP contribution in [0, 0.1) is 0 Å². The van der Waals surface area contributed by atoms with Crippen molar-refractivity contribution in [1.29, 1.82) is 0 Å². The quantitative estimate of drug-likeness (QED) is 0.583. The van der Waals surface area contributed by atoms with Gasteiger partial charge in [0.15, 0.2) is 0 Å². The Labute approximate surface area is 83.5 Å². The van der Waals surface area contributed by atoms with Gasteiger partial charge in [-0.1, -0.05) is 12.1 Å². The van der Waals surface area contributed by atoms with Crippen LogP contribution >= 0.6 is 0 Å². The number of esters is 1. The monoisotopic (exact) mass is 215 g/mol. The maximum absolute atomic E-state index is 11.2. The van der Waals surface area contributed by atoms with Crippen molar-refractivity contribution in [2.75, 3.05) is 11.8 Å². The van der Waals surface area contributed by atoms with E-state index in [2.05, 4.69) is 9.46 Å². The van der Waals surface area contributed by atoms with Crippen LogP contribution in [0.2, 0.25) is 0 Å². The van der Waals surface area contributed by atoms with Gasteiger partial charge in [-0.15, -0.1) is 0 Å². The molecule has 6 heteroatoms. The van der Waals surface area contributed by atoms with Crippen LogP contribution in [0.5, 0.6) is 0 Å². The summed E-state index contributed by atoms with van der Waals surface area (Å²) in [5.74, 6) is -0.557. The average molecular weight is 215 g/mol. The number of anilines is 1. The molecule has 0 aliphatic heterocycles. The molecule has 1 rings (SSSR count). The Bertz CT molecular complexity index is 366. The molecule has 14 heavy (non-hydrogen) atoms. The van der Waals surface area contributed by atoms with Crippen LogP contribution in [0.4, 0.5) is 5.69 Å². The lowest BCUT2D eigenvalue weighted by molar-refractivity contribution is 0.0602. The minimum absolute atomic E-state index is 0.220. The minimum Gasteiger partial charge on any atom is -0.465 e. The third-order valence-electron chi connectivity index (χ3n) is 1.53. The molecule has 1 atom stereocenters. The molecule has 0 heterocycles. The zero-order chi connectivity index (χ0) is 10.6. The fourth-order valence-electron chi connectivity index (χ4n) is 0.954. The summed E-state index contributed by atoms with van der Waals surface area (Å²) in [4.78, 5) is 11.2. The summed E-state index contributed by atoms with van der Waals surface area (Å²) >= 11 is -2.20. The molecule has 1 aromatic rings. The standard InChI is InChI=1S/C8H9NO4S/c1-13-8(10)6-4-2-3-5-7(6)9-14(11)12/h2-5,9H,1H3,(H,11,12). The molecule has 0 saturated carbocycles. The minimum atomic E-state index is -2.20. The van der Waals surface area contributed by atoms with Crippen molar-refractivity contribution in [2.24, 2.45) is 0 Å². The lowest BCUT2D eigenvalue weighted by Crippen LogP contribution is -2.09. The van der Waals surface area contributed by atoms with Gasteiger partial charge in [0.2, 0.25) is 0 Å². The molecule has 1 unspecified atom stereocenters. The third-order valence-corrected chi connectivity index (χ3v) is 1.92. The molecule has 0 spiro atoms. The zero-order valence-electron chi connectivity index (χ0n) is 7.39. The number of hydrogen-bond donors (Lipinski definition) is 2. The van der Waals surface area contributed by atoms with Gasteiger partial charge in [0.05, 0.1) is 18.4 Å². The van der Waals surface area contributed by atoms with Gasteiger partial charge >= 0.3 is 5.97 Å². The number of para-hydroxylation sites is 1. The highest BCUT2D eigenvalue weighted by Crippen LogP contribution is 2.15. The fraction of sp³-hybridized carbons (Fsp3) is 0.125. The van der Waals surface area contributed by atoms with Crippen molar-refractivity contribution in [3.05, 3.63) is 29.8 Å². The van der Waals surface area contributed by atoms with Crippen LogP contribution in [0.25, 0.3) is 0 Å². The highest BCUT2D eigenvalue weighted by Gasteiger charge is 2.11. The summed E-state index contributed by atoms with van der Waals surface area (Å²) in [7, 11) is 1.25. The molecule has 0 saturated heterocycles. The van der Waals surface area contributed by atoms with Crippen molar-refractivity contribution in [1.82, 2.24) is 0 Å². The zero-order valence-corrected chi connectivity index (χ0v) is 8.21. The lowest BCUT2D eigenvalue weighted by Gasteiger charge is -2.06. The van der Waals surface area contributed by atoms with Gasteiger partial charge in [-0.05, 0) is 12.1 Å². The van der Waals surface area contributed by atoms with Crippen LogP contribution in [0.15, 0.2) is 24.3 Å². The number of benzene rings is 1. The van der Waals surface area contributed by atoms with E-state index in [1.54, 1.807) is 12.1 Å². The van der Waals surface area contributed by atoms with E-state index in [4.69, 9.17) is 4.55 Å². The SMILES string of the molecule is COC(=O)c1ccccc1NS(=O)O. The van der Waals surface area contributed by atoms with Gasteiger partial charge in [0.25, 0.3) is 11.3 Å². The lowest BCUT2D eigenvalue weighted by atomic mass is 10.2. The third kappa shape index (κ3) is 2.54. The molecular weight excluding hydrogens is 206 g/mol. The van der Waals surface area contributed by atoms with Crippen LogP contribution in [-0.2, 0) is 16.0 Å². The van der Waals surface area contributed by atoms with Crippen molar-refractivity contribution < 1.29 is 18.3 Å². The highest BCUT2D eigenvalue weighted by atomic mass is 32.2. The first kappa shape index (κ1) is 10.7. The topological polar surface area (TPSA) is 75.6 Å². The molecule has 2 N–H and O–H groups in total. The Hall–Kier alpha value is -1.40. The number of methoxy groups -OCH3 is 1. The van der Waals surface area contributed by atoms with Gasteiger partial charge in [0.1, 0.15) is 0 Å². The smallest absolute Gasteiger partial charge is 0.339 e. The predicted octanol–water partition coefficient (Wildman–Crippen LogP) is 1.02. The number of nitrogens with one attached hydrogen (secondary N) is 1. The summed E-state index contributed by atoms with van der Waals surface area (Å²) in [6.07, 6.45) is 0. The Morgan fingerprint density at radius 2 is 2.14 bits per heavy atom. The predicted molar refractivity (Wildman–Crippen MR) is 52.2 cm³/mol. The molecule has 0 aliphatic rings. The molecule has 0 radical (unpaired) electrons. The molecule has 0 aromatic heterocycles. The Balaban J connectivity index is 3.02. The second-order valence-electron chi connectivity index (χ2n) is 2.39. The number of carbonyl (C=O) groups is 1. The van der Waals surface area contributed by atoms with Crippen LogP contribution in [0.3, 0.4) is 0 Å². The van der Waals surface area contributed by atoms with Gasteiger partial charge in [-0.3, -0.25) is 9.27 Å². The first-order valence-corrected chi connectivity index (χ1v) is 4.80. The van der Waals surface area contributed by atoms with Crippen molar-refractivity contribution in [3.8, 4) is 0 Å². The highest BCUT2D eigenvalue weighted by molar-refractivity contribution is 7.80. The first-order valence-electron chi connectivity index (χ1n) is 3.70. The largest absolute Gasteiger partial charge is 0.465 e. The Morgan fingerprint density at radius 1 is 1.50 bits per heavy atom. The van der Waals surface area contributed by atoms with Gasteiger partial charge in [-0.25, -0.2) is 9.00 Å². The number of rotatable bonds is 3. The van der Waals surface area contributed by atoms with Crippen molar-refractivity contribution in [3.63, 3.8) is 0 Å². The van der Waals surface area contributed by atoms with E-state index in [9.17, 15) is 9.00 Å². The van der Waals surface area contributed by atoms with E-state index in [1.807, 2.05) is 0 Å². The molecule has 0 amide bonds.